The van der Waals surface area contributed by atoms with Gasteiger partial charge in [0.05, 0.1) is 6.61 Å². The predicted molar refractivity (Wildman–Crippen MR) is 99.6 cm³/mol. The summed E-state index contributed by atoms with van der Waals surface area (Å²) in [7, 11) is 0. The Labute approximate surface area is 159 Å². The van der Waals surface area contributed by atoms with E-state index in [0.717, 1.165) is 25.7 Å². The quantitative estimate of drug-likeness (QED) is 0.800. The average molecular weight is 370 g/mol. The van der Waals surface area contributed by atoms with Gasteiger partial charge in [-0.2, -0.15) is 0 Å². The highest BCUT2D eigenvalue weighted by Gasteiger charge is 2.39. The first-order valence-corrected chi connectivity index (χ1v) is 9.83. The van der Waals surface area contributed by atoms with Gasteiger partial charge >= 0.3 is 0 Å². The van der Waals surface area contributed by atoms with Gasteiger partial charge in [-0.15, -0.1) is 0 Å². The first-order chi connectivity index (χ1) is 13.0. The van der Waals surface area contributed by atoms with Crippen LogP contribution in [0.3, 0.4) is 0 Å². The highest BCUT2D eigenvalue weighted by atomic mass is 16.7. The van der Waals surface area contributed by atoms with Crippen LogP contribution in [0.25, 0.3) is 0 Å². The van der Waals surface area contributed by atoms with Crippen molar-refractivity contribution in [2.75, 3.05) is 13.2 Å². The minimum Gasteiger partial charge on any atom is -0.486 e. The first-order valence-electron chi connectivity index (χ1n) is 9.83. The van der Waals surface area contributed by atoms with Crippen molar-refractivity contribution < 1.29 is 23.8 Å². The van der Waals surface area contributed by atoms with E-state index in [1.165, 1.54) is 6.42 Å². The molecule has 2 aliphatic carbocycles. The van der Waals surface area contributed by atoms with Crippen LogP contribution in [0.4, 0.5) is 0 Å². The number of ether oxygens (including phenoxy) is 3. The topological polar surface area (TPSA) is 61.8 Å². The number of hydrogen-bond donors (Lipinski definition) is 0. The van der Waals surface area contributed by atoms with Gasteiger partial charge in [0.2, 0.25) is 5.78 Å². The third-order valence-electron chi connectivity index (χ3n) is 5.61. The fourth-order valence-electron chi connectivity index (χ4n) is 4.30. The molecule has 5 nitrogen and oxygen atoms in total. The van der Waals surface area contributed by atoms with Crippen LogP contribution in [0.5, 0.6) is 0 Å². The Kier molecular flexibility index (Phi) is 4.91. The molecule has 4 rings (SSSR count). The third-order valence-corrected chi connectivity index (χ3v) is 5.61. The lowest BCUT2D eigenvalue weighted by atomic mass is 9.76. The summed E-state index contributed by atoms with van der Waals surface area (Å²) in [6, 6.07) is 7.03. The van der Waals surface area contributed by atoms with E-state index >= 15 is 0 Å². The number of hydrogen-bond acceptors (Lipinski definition) is 5. The molecule has 0 N–H and O–H groups in total. The summed E-state index contributed by atoms with van der Waals surface area (Å²) in [4.78, 5) is 26.4. The zero-order chi connectivity index (χ0) is 19.0. The summed E-state index contributed by atoms with van der Waals surface area (Å²) in [5.74, 6) is -0.581. The molecule has 27 heavy (non-hydrogen) atoms. The van der Waals surface area contributed by atoms with Crippen molar-refractivity contribution in [1.29, 1.82) is 0 Å². The number of carbonyl (C=O) groups is 2. The minimum atomic E-state index is -0.645. The van der Waals surface area contributed by atoms with Crippen LogP contribution < -0.4 is 0 Å². The molecule has 5 heteroatoms. The third kappa shape index (κ3) is 3.58. The molecule has 0 amide bonds. The maximum Gasteiger partial charge on any atom is 0.228 e. The molecule has 0 spiro atoms. The van der Waals surface area contributed by atoms with Crippen molar-refractivity contribution in [2.24, 2.45) is 5.92 Å². The highest BCUT2D eigenvalue weighted by molar-refractivity contribution is 6.26. The van der Waals surface area contributed by atoms with Crippen molar-refractivity contribution >= 4 is 11.6 Å². The van der Waals surface area contributed by atoms with Crippen LogP contribution in [0.2, 0.25) is 0 Å². The number of fused-ring (bicyclic) bond motifs is 1. The molecule has 1 saturated heterocycles. The van der Waals surface area contributed by atoms with Crippen molar-refractivity contribution in [3.05, 3.63) is 46.7 Å². The zero-order valence-electron chi connectivity index (χ0n) is 16.0. The van der Waals surface area contributed by atoms with Crippen molar-refractivity contribution in [3.63, 3.8) is 0 Å². The normalized spacial score (nSPS) is 25.6. The van der Waals surface area contributed by atoms with E-state index < -0.39 is 5.79 Å². The fourth-order valence-corrected chi connectivity index (χ4v) is 4.30. The molecule has 0 aromatic heterocycles. The van der Waals surface area contributed by atoms with E-state index in [1.54, 1.807) is 24.3 Å². The maximum atomic E-state index is 13.2. The summed E-state index contributed by atoms with van der Waals surface area (Å²) >= 11 is 0. The minimum absolute atomic E-state index is 0.0592. The Bertz CT molecular complexity index is 786. The van der Waals surface area contributed by atoms with Crippen molar-refractivity contribution in [1.82, 2.24) is 0 Å². The monoisotopic (exact) mass is 370 g/mol. The van der Waals surface area contributed by atoms with Gasteiger partial charge in [0, 0.05) is 16.7 Å². The van der Waals surface area contributed by atoms with Crippen LogP contribution in [0.1, 0.15) is 66.7 Å². The van der Waals surface area contributed by atoms with Crippen LogP contribution in [-0.4, -0.2) is 36.7 Å². The molecule has 0 bridgehead atoms. The highest BCUT2D eigenvalue weighted by Crippen LogP contribution is 2.38. The fraction of sp³-hybridized carbons (Fsp3) is 0.545. The summed E-state index contributed by atoms with van der Waals surface area (Å²) in [5, 5.41) is 0. The van der Waals surface area contributed by atoms with Gasteiger partial charge in [0.15, 0.2) is 17.3 Å². The smallest absolute Gasteiger partial charge is 0.228 e. The Morgan fingerprint density at radius 3 is 2.33 bits per heavy atom. The zero-order valence-corrected chi connectivity index (χ0v) is 16.0. The van der Waals surface area contributed by atoms with Gasteiger partial charge in [-0.05, 0) is 32.6 Å². The Hall–Kier alpha value is -1.98. The summed E-state index contributed by atoms with van der Waals surface area (Å²) in [5.41, 5.74) is 1.49. The second-order valence-electron chi connectivity index (χ2n) is 8.04. The van der Waals surface area contributed by atoms with Gasteiger partial charge in [-0.1, -0.05) is 43.5 Å². The second kappa shape index (κ2) is 7.21. The number of rotatable bonds is 4. The van der Waals surface area contributed by atoms with Crippen molar-refractivity contribution in [3.8, 4) is 0 Å². The molecule has 1 heterocycles. The van der Waals surface area contributed by atoms with E-state index in [9.17, 15) is 9.59 Å². The second-order valence-corrected chi connectivity index (χ2v) is 8.04. The van der Waals surface area contributed by atoms with Crippen molar-refractivity contribution in [2.45, 2.75) is 57.8 Å². The predicted octanol–water partition coefficient (Wildman–Crippen LogP) is 4.07. The molecule has 0 radical (unpaired) electrons. The molecule has 1 atom stereocenters. The van der Waals surface area contributed by atoms with Crippen LogP contribution in [0, 0.1) is 5.92 Å². The molecule has 3 aliphatic rings. The van der Waals surface area contributed by atoms with E-state index in [0.29, 0.717) is 23.3 Å². The molecule has 1 aromatic carbocycles. The number of allylic oxidation sites excluding steroid dienone is 2. The first kappa shape index (κ1) is 18.4. The number of benzene rings is 1. The molecular weight excluding hydrogens is 344 g/mol. The SMILES string of the molecule is CC1(C)OCC(COC2=C(C3CCCCC3)C(=O)c3ccccc3C2=O)O1. The summed E-state index contributed by atoms with van der Waals surface area (Å²) in [6.07, 6.45) is 4.96. The standard InChI is InChI=1S/C22H26O5/c1-22(2)26-13-15(27-22)12-25-21-18(14-8-4-3-5-9-14)19(23)16-10-6-7-11-17(16)20(21)24/h6-7,10-11,14-15H,3-5,8-9,12-13H2,1-2H3. The van der Waals surface area contributed by atoms with E-state index in [1.807, 2.05) is 13.8 Å². The maximum absolute atomic E-state index is 13.2. The van der Waals surface area contributed by atoms with Crippen LogP contribution >= 0.6 is 0 Å². The van der Waals surface area contributed by atoms with Crippen LogP contribution in [-0.2, 0) is 14.2 Å². The molecule has 1 aromatic rings. The van der Waals surface area contributed by atoms with Gasteiger partial charge < -0.3 is 14.2 Å². The summed E-state index contributed by atoms with van der Waals surface area (Å²) in [6.45, 7) is 4.32. The van der Waals surface area contributed by atoms with E-state index in [-0.39, 0.29) is 36.0 Å². The van der Waals surface area contributed by atoms with Gasteiger partial charge in [-0.3, -0.25) is 9.59 Å². The van der Waals surface area contributed by atoms with Gasteiger partial charge in [0.25, 0.3) is 0 Å². The lowest BCUT2D eigenvalue weighted by Crippen LogP contribution is -2.30. The number of Topliss-reactive ketones (excluding diaryl/α,β-unsaturated/α-hetero) is 2. The van der Waals surface area contributed by atoms with E-state index in [4.69, 9.17) is 14.2 Å². The summed E-state index contributed by atoms with van der Waals surface area (Å²) < 4.78 is 17.3. The molecular formula is C22H26O5. The number of ketones is 2. The molecule has 1 aliphatic heterocycles. The Morgan fingerprint density at radius 1 is 1.04 bits per heavy atom. The van der Waals surface area contributed by atoms with Gasteiger partial charge in [-0.25, -0.2) is 0 Å². The Balaban J connectivity index is 1.64. The molecule has 2 fully saturated rings. The largest absolute Gasteiger partial charge is 0.486 e. The van der Waals surface area contributed by atoms with E-state index in [2.05, 4.69) is 0 Å². The lowest BCUT2D eigenvalue weighted by molar-refractivity contribution is -0.143. The van der Waals surface area contributed by atoms with Crippen LogP contribution in [0.15, 0.2) is 35.6 Å². The molecule has 144 valence electrons. The van der Waals surface area contributed by atoms with Gasteiger partial charge in [0.1, 0.15) is 12.7 Å². The average Bonchev–Trinajstić information content (AvgIpc) is 3.03. The molecule has 1 saturated carbocycles. The number of carbonyl (C=O) groups excluding carboxylic acids is 2. The Morgan fingerprint density at radius 2 is 1.70 bits per heavy atom. The molecule has 1 unspecified atom stereocenters. The lowest BCUT2D eigenvalue weighted by Gasteiger charge is -2.29.